The molecule has 0 aliphatic carbocycles. The van der Waals surface area contributed by atoms with Crippen LogP contribution in [0, 0.1) is 0 Å². The molecule has 10 nitrogen and oxygen atoms in total. The Labute approximate surface area is 165 Å². The second-order valence-corrected chi connectivity index (χ2v) is 7.47. The van der Waals surface area contributed by atoms with Gasteiger partial charge < -0.3 is 19.5 Å². The van der Waals surface area contributed by atoms with Gasteiger partial charge in [0.05, 0.1) is 18.2 Å². The second kappa shape index (κ2) is 7.54. The summed E-state index contributed by atoms with van der Waals surface area (Å²) >= 11 is 0. The average Bonchev–Trinajstić information content (AvgIpc) is 3.02. The SMILES string of the molecule is CC1(C)O[C@@H]2[C@H](O1)[C@@H](CNC(=O)c1cccnc1)OC[C@H]2n1ccc(=O)[nH]c1=O. The van der Waals surface area contributed by atoms with Gasteiger partial charge in [-0.05, 0) is 26.0 Å². The van der Waals surface area contributed by atoms with Crippen molar-refractivity contribution in [3.8, 4) is 0 Å². The molecule has 29 heavy (non-hydrogen) atoms. The normalized spacial score (nSPS) is 27.9. The van der Waals surface area contributed by atoms with Gasteiger partial charge in [-0.1, -0.05) is 0 Å². The highest BCUT2D eigenvalue weighted by atomic mass is 16.8. The zero-order chi connectivity index (χ0) is 20.6. The molecule has 0 radical (unpaired) electrons. The number of nitrogens with zero attached hydrogens (tertiary/aromatic N) is 2. The van der Waals surface area contributed by atoms with Crippen LogP contribution >= 0.6 is 0 Å². The van der Waals surface area contributed by atoms with E-state index < -0.39 is 41.4 Å². The molecule has 1 amide bonds. The minimum absolute atomic E-state index is 0.167. The van der Waals surface area contributed by atoms with Crippen molar-refractivity contribution in [1.82, 2.24) is 19.9 Å². The quantitative estimate of drug-likeness (QED) is 0.727. The lowest BCUT2D eigenvalue weighted by Gasteiger charge is -2.37. The molecule has 0 spiro atoms. The number of fused-ring (bicyclic) bond motifs is 1. The van der Waals surface area contributed by atoms with E-state index in [9.17, 15) is 14.4 Å². The molecule has 10 heteroatoms. The van der Waals surface area contributed by atoms with Crippen LogP contribution in [0.1, 0.15) is 30.2 Å². The number of aromatic nitrogens is 3. The minimum Gasteiger partial charge on any atom is -0.371 e. The maximum Gasteiger partial charge on any atom is 0.328 e. The fourth-order valence-corrected chi connectivity index (χ4v) is 3.71. The lowest BCUT2D eigenvalue weighted by molar-refractivity contribution is -0.153. The number of amides is 1. The van der Waals surface area contributed by atoms with Gasteiger partial charge in [-0.25, -0.2) is 4.79 Å². The van der Waals surface area contributed by atoms with E-state index >= 15 is 0 Å². The molecular formula is C19H22N4O6. The third kappa shape index (κ3) is 4.00. The van der Waals surface area contributed by atoms with Crippen LogP contribution in [0.2, 0.25) is 0 Å². The van der Waals surface area contributed by atoms with E-state index in [1.807, 2.05) is 0 Å². The Morgan fingerprint density at radius 1 is 1.31 bits per heavy atom. The van der Waals surface area contributed by atoms with Crippen molar-refractivity contribution < 1.29 is 19.0 Å². The van der Waals surface area contributed by atoms with Gasteiger partial charge >= 0.3 is 5.69 Å². The van der Waals surface area contributed by atoms with Crippen molar-refractivity contribution in [3.05, 3.63) is 63.2 Å². The number of nitrogens with one attached hydrogen (secondary N) is 2. The standard InChI is InChI=1S/C19H22N4O6/c1-19(2)28-15-12(23-7-5-14(24)22-18(23)26)10-27-13(16(15)29-19)9-21-17(25)11-4-3-6-20-8-11/h3-8,12-13,15-16H,9-10H2,1-2H3,(H,21,25)(H,22,24,26)/t12-,13-,15+,16-/m1/s1. The number of carbonyl (C=O) groups is 1. The van der Waals surface area contributed by atoms with Crippen LogP contribution in [0.3, 0.4) is 0 Å². The zero-order valence-corrected chi connectivity index (χ0v) is 16.0. The topological polar surface area (TPSA) is 125 Å². The molecule has 4 atom stereocenters. The first-order valence-corrected chi connectivity index (χ1v) is 9.31. The van der Waals surface area contributed by atoms with Crippen LogP contribution in [0.4, 0.5) is 0 Å². The lowest BCUT2D eigenvalue weighted by atomic mass is 9.97. The molecular weight excluding hydrogens is 380 g/mol. The predicted molar refractivity (Wildman–Crippen MR) is 100 cm³/mol. The van der Waals surface area contributed by atoms with E-state index in [0.717, 1.165) is 0 Å². The lowest BCUT2D eigenvalue weighted by Crippen LogP contribution is -2.54. The number of hydrogen-bond acceptors (Lipinski definition) is 7. The minimum atomic E-state index is -0.876. The molecule has 0 saturated carbocycles. The van der Waals surface area contributed by atoms with Crippen molar-refractivity contribution in [2.45, 2.75) is 44.0 Å². The van der Waals surface area contributed by atoms with Gasteiger partial charge in [0.25, 0.3) is 11.5 Å². The number of ether oxygens (including phenoxy) is 3. The van der Waals surface area contributed by atoms with Crippen molar-refractivity contribution in [2.24, 2.45) is 0 Å². The Balaban J connectivity index is 1.52. The third-order valence-corrected chi connectivity index (χ3v) is 4.99. The summed E-state index contributed by atoms with van der Waals surface area (Å²) < 4.78 is 19.4. The molecule has 154 valence electrons. The first-order valence-electron chi connectivity index (χ1n) is 9.31. The summed E-state index contributed by atoms with van der Waals surface area (Å²) in [7, 11) is 0. The summed E-state index contributed by atoms with van der Waals surface area (Å²) in [5, 5.41) is 2.83. The van der Waals surface area contributed by atoms with Crippen LogP contribution in [0.5, 0.6) is 0 Å². The number of aromatic amines is 1. The summed E-state index contributed by atoms with van der Waals surface area (Å²) in [5.41, 5.74) is -0.567. The molecule has 0 unspecified atom stereocenters. The highest BCUT2D eigenvalue weighted by Gasteiger charge is 2.52. The molecule has 2 aromatic heterocycles. The van der Waals surface area contributed by atoms with Gasteiger partial charge in [0.15, 0.2) is 5.79 Å². The summed E-state index contributed by atoms with van der Waals surface area (Å²) in [5.74, 6) is -1.14. The van der Waals surface area contributed by atoms with Crippen molar-refractivity contribution >= 4 is 5.91 Å². The fraction of sp³-hybridized carbons (Fsp3) is 0.474. The Bertz CT molecular complexity index is 1000. The molecule has 4 rings (SSSR count). The van der Waals surface area contributed by atoms with Crippen LogP contribution < -0.4 is 16.6 Å². The number of hydrogen-bond donors (Lipinski definition) is 2. The predicted octanol–water partition coefficient (Wildman–Crippen LogP) is -0.178. The molecule has 2 saturated heterocycles. The summed E-state index contributed by atoms with van der Waals surface area (Å²) in [6, 6.07) is 4.16. The van der Waals surface area contributed by atoms with Crippen LogP contribution in [-0.4, -0.2) is 57.7 Å². The molecule has 2 aliphatic heterocycles. The monoisotopic (exact) mass is 402 g/mol. The van der Waals surface area contributed by atoms with Crippen LogP contribution in [-0.2, 0) is 14.2 Å². The summed E-state index contributed by atoms with van der Waals surface area (Å²) in [4.78, 5) is 42.1. The van der Waals surface area contributed by atoms with Gasteiger partial charge in [-0.15, -0.1) is 0 Å². The van der Waals surface area contributed by atoms with E-state index in [2.05, 4.69) is 15.3 Å². The largest absolute Gasteiger partial charge is 0.371 e. The first kappa shape index (κ1) is 19.5. The van der Waals surface area contributed by atoms with E-state index in [1.165, 1.54) is 23.0 Å². The molecule has 2 N–H and O–H groups in total. The van der Waals surface area contributed by atoms with Crippen molar-refractivity contribution in [1.29, 1.82) is 0 Å². The van der Waals surface area contributed by atoms with Gasteiger partial charge in [0.1, 0.15) is 18.3 Å². The first-order chi connectivity index (χ1) is 13.8. The molecule has 0 aromatic carbocycles. The highest BCUT2D eigenvalue weighted by molar-refractivity contribution is 5.93. The highest BCUT2D eigenvalue weighted by Crippen LogP contribution is 2.39. The van der Waals surface area contributed by atoms with E-state index in [1.54, 1.807) is 32.2 Å². The molecule has 0 bridgehead atoms. The van der Waals surface area contributed by atoms with E-state index in [0.29, 0.717) is 5.56 Å². The summed E-state index contributed by atoms with van der Waals surface area (Å²) in [6.45, 7) is 3.94. The number of carbonyl (C=O) groups excluding carboxylic acids is 1. The molecule has 2 fully saturated rings. The Morgan fingerprint density at radius 3 is 2.83 bits per heavy atom. The number of H-pyrrole nitrogens is 1. The molecule has 2 aromatic rings. The fourth-order valence-electron chi connectivity index (χ4n) is 3.71. The smallest absolute Gasteiger partial charge is 0.328 e. The average molecular weight is 402 g/mol. The third-order valence-electron chi connectivity index (χ3n) is 4.99. The van der Waals surface area contributed by atoms with Crippen LogP contribution in [0.25, 0.3) is 0 Å². The van der Waals surface area contributed by atoms with E-state index in [-0.39, 0.29) is 19.1 Å². The van der Waals surface area contributed by atoms with Gasteiger partial charge in [-0.2, -0.15) is 0 Å². The van der Waals surface area contributed by atoms with Crippen molar-refractivity contribution in [3.63, 3.8) is 0 Å². The molecule has 4 heterocycles. The van der Waals surface area contributed by atoms with E-state index in [4.69, 9.17) is 14.2 Å². The van der Waals surface area contributed by atoms with Gasteiger partial charge in [0.2, 0.25) is 0 Å². The Morgan fingerprint density at radius 2 is 2.10 bits per heavy atom. The molecule has 2 aliphatic rings. The number of rotatable bonds is 4. The maximum absolute atomic E-state index is 12.3. The number of pyridine rings is 1. The van der Waals surface area contributed by atoms with Gasteiger partial charge in [-0.3, -0.25) is 24.1 Å². The Kier molecular flexibility index (Phi) is 5.07. The van der Waals surface area contributed by atoms with Crippen LogP contribution in [0.15, 0.2) is 46.4 Å². The van der Waals surface area contributed by atoms with Gasteiger partial charge in [0, 0.05) is 31.2 Å². The summed E-state index contributed by atoms with van der Waals surface area (Å²) in [6.07, 6.45) is 3.05. The Hall–Kier alpha value is -2.82. The van der Waals surface area contributed by atoms with Crippen molar-refractivity contribution in [2.75, 3.05) is 13.2 Å². The maximum atomic E-state index is 12.3. The second-order valence-electron chi connectivity index (χ2n) is 7.47. The zero-order valence-electron chi connectivity index (χ0n) is 16.0.